The summed E-state index contributed by atoms with van der Waals surface area (Å²) in [6.07, 6.45) is 3.29. The molecule has 0 saturated heterocycles. The van der Waals surface area contributed by atoms with E-state index < -0.39 is 0 Å². The highest BCUT2D eigenvalue weighted by atomic mass is 16.3. The largest absolute Gasteiger partial charge is 0.437 e. The van der Waals surface area contributed by atoms with E-state index in [1.165, 1.54) is 22.4 Å². The molecule has 3 heteroatoms. The van der Waals surface area contributed by atoms with Gasteiger partial charge in [-0.2, -0.15) is 0 Å². The molecule has 0 bridgehead atoms. The van der Waals surface area contributed by atoms with Gasteiger partial charge in [0, 0.05) is 28.1 Å². The van der Waals surface area contributed by atoms with Crippen molar-refractivity contribution in [2.24, 2.45) is 12.5 Å². The zero-order valence-electron chi connectivity index (χ0n) is 19.6. The van der Waals surface area contributed by atoms with Gasteiger partial charge in [0.15, 0.2) is 11.8 Å². The van der Waals surface area contributed by atoms with Crippen LogP contribution in [0.3, 0.4) is 0 Å². The van der Waals surface area contributed by atoms with E-state index >= 15 is 0 Å². The number of furan rings is 1. The fourth-order valence-electron chi connectivity index (χ4n) is 4.31. The fraction of sp³-hybridized carbons (Fsp3) is 0.407. The molecule has 0 aliphatic rings. The number of benzene rings is 1. The summed E-state index contributed by atoms with van der Waals surface area (Å²) in [5.74, 6) is 0.374. The van der Waals surface area contributed by atoms with Crippen molar-refractivity contribution < 1.29 is 8.98 Å². The van der Waals surface area contributed by atoms with Crippen LogP contribution >= 0.6 is 0 Å². The fourth-order valence-corrected chi connectivity index (χ4v) is 4.31. The van der Waals surface area contributed by atoms with Crippen LogP contribution in [0, 0.1) is 19.3 Å². The molecule has 0 N–H and O–H groups in total. The summed E-state index contributed by atoms with van der Waals surface area (Å²) < 4.78 is 8.64. The van der Waals surface area contributed by atoms with Crippen molar-refractivity contribution in [3.63, 3.8) is 0 Å². The van der Waals surface area contributed by atoms with Crippen LogP contribution in [0.4, 0.5) is 0 Å². The lowest BCUT2D eigenvalue weighted by Gasteiger charge is -2.19. The zero-order valence-corrected chi connectivity index (χ0v) is 19.6. The number of fused-ring (bicyclic) bond motifs is 3. The Hall–Kier alpha value is -2.68. The van der Waals surface area contributed by atoms with Gasteiger partial charge in [0.2, 0.25) is 11.4 Å². The van der Waals surface area contributed by atoms with E-state index in [0.29, 0.717) is 5.92 Å². The Bertz CT molecular complexity index is 1260. The van der Waals surface area contributed by atoms with Crippen molar-refractivity contribution in [1.29, 1.82) is 0 Å². The Morgan fingerprint density at radius 2 is 1.70 bits per heavy atom. The van der Waals surface area contributed by atoms with Gasteiger partial charge in [-0.15, -0.1) is 0 Å². The molecule has 0 saturated carbocycles. The molecule has 156 valence electrons. The Labute approximate surface area is 179 Å². The minimum atomic E-state index is 0.236. The first kappa shape index (κ1) is 20.6. The molecular formula is C27H33N2O+. The highest BCUT2D eigenvalue weighted by Gasteiger charge is 2.24. The van der Waals surface area contributed by atoms with E-state index in [0.717, 1.165) is 39.7 Å². The van der Waals surface area contributed by atoms with Gasteiger partial charge in [-0.25, -0.2) is 9.55 Å². The summed E-state index contributed by atoms with van der Waals surface area (Å²) in [5, 5.41) is 2.21. The van der Waals surface area contributed by atoms with Crippen molar-refractivity contribution in [2.45, 2.75) is 60.8 Å². The lowest BCUT2D eigenvalue weighted by atomic mass is 9.86. The second-order valence-corrected chi connectivity index (χ2v) is 10.2. The first-order valence-electron chi connectivity index (χ1n) is 10.9. The molecule has 3 aromatic heterocycles. The van der Waals surface area contributed by atoms with Crippen LogP contribution in [0.1, 0.15) is 62.9 Å². The number of rotatable bonds is 3. The molecule has 1 aromatic carbocycles. The SMILES string of the molecule is Cc1c[n+](C)c(-c2c(C)ccc3c2oc2nc(C(C)C)ccc23)cc1CC(C)(C)C. The van der Waals surface area contributed by atoms with Crippen LogP contribution in [0.2, 0.25) is 0 Å². The third-order valence-electron chi connectivity index (χ3n) is 5.89. The van der Waals surface area contributed by atoms with Gasteiger partial charge in [-0.3, -0.25) is 0 Å². The monoisotopic (exact) mass is 401 g/mol. The second kappa shape index (κ2) is 7.23. The van der Waals surface area contributed by atoms with Crippen LogP contribution in [0.25, 0.3) is 33.3 Å². The lowest BCUT2D eigenvalue weighted by Crippen LogP contribution is -2.32. The molecule has 0 aliphatic heterocycles. The molecule has 0 aliphatic carbocycles. The van der Waals surface area contributed by atoms with E-state index in [9.17, 15) is 0 Å². The number of aryl methyl sites for hydroxylation is 3. The Morgan fingerprint density at radius 1 is 1.00 bits per heavy atom. The summed E-state index contributed by atoms with van der Waals surface area (Å²) in [4.78, 5) is 4.81. The Kier molecular flexibility index (Phi) is 4.96. The van der Waals surface area contributed by atoms with Crippen LogP contribution in [-0.4, -0.2) is 4.98 Å². The lowest BCUT2D eigenvalue weighted by molar-refractivity contribution is -0.660. The van der Waals surface area contributed by atoms with E-state index in [1.807, 2.05) is 0 Å². The van der Waals surface area contributed by atoms with E-state index in [1.54, 1.807) is 0 Å². The molecule has 3 nitrogen and oxygen atoms in total. The Balaban J connectivity index is 1.99. The predicted molar refractivity (Wildman–Crippen MR) is 125 cm³/mol. The second-order valence-electron chi connectivity index (χ2n) is 10.2. The molecule has 4 aromatic rings. The number of hydrogen-bond acceptors (Lipinski definition) is 2. The molecule has 4 rings (SSSR count). The van der Waals surface area contributed by atoms with Gasteiger partial charge < -0.3 is 4.42 Å². The third kappa shape index (κ3) is 3.62. The van der Waals surface area contributed by atoms with Crippen molar-refractivity contribution in [3.8, 4) is 11.3 Å². The summed E-state index contributed by atoms with van der Waals surface area (Å²) in [7, 11) is 2.12. The van der Waals surface area contributed by atoms with Gasteiger partial charge in [0.25, 0.3) is 0 Å². The minimum absolute atomic E-state index is 0.236. The topological polar surface area (TPSA) is 29.9 Å². The van der Waals surface area contributed by atoms with E-state index in [2.05, 4.69) is 96.6 Å². The average Bonchev–Trinajstić information content (AvgIpc) is 3.01. The first-order valence-corrected chi connectivity index (χ1v) is 10.9. The number of nitrogens with zero attached hydrogens (tertiary/aromatic N) is 2. The summed E-state index contributed by atoms with van der Waals surface area (Å²) in [6, 6.07) is 11.0. The van der Waals surface area contributed by atoms with Gasteiger partial charge in [-0.1, -0.05) is 46.8 Å². The molecule has 0 unspecified atom stereocenters. The molecule has 0 spiro atoms. The van der Waals surface area contributed by atoms with Crippen molar-refractivity contribution in [1.82, 2.24) is 4.98 Å². The number of hydrogen-bond donors (Lipinski definition) is 0. The normalized spacial score (nSPS) is 12.4. The molecule has 0 fully saturated rings. The van der Waals surface area contributed by atoms with Crippen molar-refractivity contribution in [2.75, 3.05) is 0 Å². The van der Waals surface area contributed by atoms with Crippen LogP contribution in [0.15, 0.2) is 40.9 Å². The number of aromatic nitrogens is 2. The summed E-state index contributed by atoms with van der Waals surface area (Å²) in [6.45, 7) is 15.6. The molecule has 30 heavy (non-hydrogen) atoms. The van der Waals surface area contributed by atoms with Crippen LogP contribution in [0.5, 0.6) is 0 Å². The third-order valence-corrected chi connectivity index (χ3v) is 5.89. The maximum Gasteiger partial charge on any atom is 0.227 e. The smallest absolute Gasteiger partial charge is 0.227 e. The highest BCUT2D eigenvalue weighted by Crippen LogP contribution is 2.37. The van der Waals surface area contributed by atoms with Crippen molar-refractivity contribution in [3.05, 3.63) is 58.9 Å². The molecule has 0 amide bonds. The minimum Gasteiger partial charge on any atom is -0.437 e. The van der Waals surface area contributed by atoms with Gasteiger partial charge >= 0.3 is 0 Å². The molecule has 3 heterocycles. The van der Waals surface area contributed by atoms with E-state index in [-0.39, 0.29) is 5.41 Å². The molecule has 0 atom stereocenters. The molecular weight excluding hydrogens is 368 g/mol. The molecule has 0 radical (unpaired) electrons. The Morgan fingerprint density at radius 3 is 2.37 bits per heavy atom. The average molecular weight is 402 g/mol. The quantitative estimate of drug-likeness (QED) is 0.353. The van der Waals surface area contributed by atoms with Crippen LogP contribution < -0.4 is 4.57 Å². The van der Waals surface area contributed by atoms with Gasteiger partial charge in [0.1, 0.15) is 7.05 Å². The summed E-state index contributed by atoms with van der Waals surface area (Å²) >= 11 is 0. The van der Waals surface area contributed by atoms with E-state index in [4.69, 9.17) is 9.40 Å². The standard InChI is InChI=1S/C27H33N2O/c1-16(2)22-12-11-21-20-10-9-17(3)24(25(20)30-26(21)28-22)23-13-19(14-27(5,6)7)18(4)15-29(23)8/h9-13,15-16H,14H2,1-8H3/q+1. The summed E-state index contributed by atoms with van der Waals surface area (Å²) in [5.41, 5.74) is 9.24. The van der Waals surface area contributed by atoms with Gasteiger partial charge in [0.05, 0.1) is 5.56 Å². The van der Waals surface area contributed by atoms with Gasteiger partial charge in [-0.05, 0) is 54.9 Å². The van der Waals surface area contributed by atoms with Crippen LogP contribution in [-0.2, 0) is 13.5 Å². The zero-order chi connectivity index (χ0) is 21.8. The predicted octanol–water partition coefficient (Wildman–Crippen LogP) is 6.80. The highest BCUT2D eigenvalue weighted by molar-refractivity contribution is 6.08. The first-order chi connectivity index (χ1) is 14.0. The maximum atomic E-state index is 6.41. The maximum absolute atomic E-state index is 6.41. The van der Waals surface area contributed by atoms with Crippen molar-refractivity contribution >= 4 is 22.1 Å². The number of pyridine rings is 2.